The third-order valence-corrected chi connectivity index (χ3v) is 6.94. The van der Waals surface area contributed by atoms with Crippen molar-refractivity contribution < 1.29 is 23.8 Å². The molecule has 7 heteroatoms. The van der Waals surface area contributed by atoms with Gasteiger partial charge in [-0.15, -0.1) is 12.4 Å². The first-order valence-corrected chi connectivity index (χ1v) is 12.6. The number of ether oxygens (including phenoxy) is 2. The number of rotatable bonds is 9. The summed E-state index contributed by atoms with van der Waals surface area (Å²) in [7, 11) is 0. The fourth-order valence-electron chi connectivity index (χ4n) is 5.08. The number of hydrogen-bond acceptors (Lipinski definition) is 4. The van der Waals surface area contributed by atoms with E-state index in [0.717, 1.165) is 24.9 Å². The molecule has 0 radical (unpaired) electrons. The van der Waals surface area contributed by atoms with Crippen LogP contribution in [-0.2, 0) is 4.79 Å². The van der Waals surface area contributed by atoms with E-state index in [0.29, 0.717) is 23.9 Å². The summed E-state index contributed by atoms with van der Waals surface area (Å²) in [5.41, 5.74) is 2.90. The van der Waals surface area contributed by atoms with Crippen LogP contribution in [0.2, 0.25) is 0 Å². The lowest BCUT2D eigenvalue weighted by molar-refractivity contribution is -0.139. The van der Waals surface area contributed by atoms with Gasteiger partial charge in [0.2, 0.25) is 0 Å². The minimum absolute atomic E-state index is 0. The Labute approximate surface area is 228 Å². The third-order valence-electron chi connectivity index (χ3n) is 6.94. The van der Waals surface area contributed by atoms with Crippen molar-refractivity contribution in [1.82, 2.24) is 0 Å². The predicted molar refractivity (Wildman–Crippen MR) is 151 cm³/mol. The Morgan fingerprint density at radius 1 is 1.05 bits per heavy atom. The predicted octanol–water partition coefficient (Wildman–Crippen LogP) is 7.74. The SMILES string of the molecule is C[C@@H](CCCC1CN(c2ccc(OCC(=O)O)cc2)c2cccc(F)c2O1)c1cccc2ccccc12.Cl. The van der Waals surface area contributed by atoms with Gasteiger partial charge in [0.05, 0.1) is 12.2 Å². The number of nitrogens with zero attached hydrogens (tertiary/aromatic N) is 1. The number of anilines is 2. The van der Waals surface area contributed by atoms with E-state index in [1.807, 2.05) is 18.2 Å². The lowest BCUT2D eigenvalue weighted by Gasteiger charge is -2.36. The lowest BCUT2D eigenvalue weighted by atomic mass is 9.90. The van der Waals surface area contributed by atoms with E-state index in [9.17, 15) is 9.18 Å². The molecular formula is C31H31ClFNO4. The van der Waals surface area contributed by atoms with E-state index in [1.165, 1.54) is 22.4 Å². The molecule has 0 spiro atoms. The number of carboxylic acid groups (broad SMARTS) is 1. The molecule has 4 aromatic carbocycles. The molecule has 2 atom stereocenters. The minimum atomic E-state index is -1.03. The van der Waals surface area contributed by atoms with Gasteiger partial charge in [0.25, 0.3) is 0 Å². The number of fused-ring (bicyclic) bond motifs is 2. The summed E-state index contributed by atoms with van der Waals surface area (Å²) in [5.74, 6) is -0.268. The van der Waals surface area contributed by atoms with Crippen molar-refractivity contribution in [2.75, 3.05) is 18.1 Å². The van der Waals surface area contributed by atoms with Crippen LogP contribution in [0.1, 0.15) is 37.7 Å². The van der Waals surface area contributed by atoms with Gasteiger partial charge in [-0.1, -0.05) is 55.5 Å². The average molecular weight is 536 g/mol. The molecule has 0 bridgehead atoms. The van der Waals surface area contributed by atoms with Gasteiger partial charge in [-0.25, -0.2) is 9.18 Å². The molecule has 1 aliphatic rings. The molecule has 5 rings (SSSR count). The highest BCUT2D eigenvalue weighted by Crippen LogP contribution is 2.41. The number of aliphatic carboxylic acids is 1. The van der Waals surface area contributed by atoms with E-state index < -0.39 is 12.6 Å². The highest BCUT2D eigenvalue weighted by Gasteiger charge is 2.29. The quantitative estimate of drug-likeness (QED) is 0.237. The van der Waals surface area contributed by atoms with Gasteiger partial charge in [0, 0.05) is 5.69 Å². The molecule has 1 heterocycles. The molecule has 0 saturated carbocycles. The Balaban J connectivity index is 0.00000336. The van der Waals surface area contributed by atoms with Gasteiger partial charge < -0.3 is 19.5 Å². The second kappa shape index (κ2) is 12.2. The molecule has 1 aliphatic heterocycles. The topological polar surface area (TPSA) is 59.0 Å². The monoisotopic (exact) mass is 535 g/mol. The zero-order valence-electron chi connectivity index (χ0n) is 21.2. The summed E-state index contributed by atoms with van der Waals surface area (Å²) in [6, 6.07) is 27.1. The van der Waals surface area contributed by atoms with E-state index in [2.05, 4.69) is 54.3 Å². The van der Waals surface area contributed by atoms with E-state index in [4.69, 9.17) is 14.6 Å². The number of hydrogen-bond donors (Lipinski definition) is 1. The summed E-state index contributed by atoms with van der Waals surface area (Å²) in [5, 5.41) is 11.4. The second-order valence-corrected chi connectivity index (χ2v) is 9.52. The first kappa shape index (κ1) is 27.3. The maximum Gasteiger partial charge on any atom is 0.341 e. The molecule has 1 unspecified atom stereocenters. The number of carboxylic acids is 1. The van der Waals surface area contributed by atoms with Gasteiger partial charge in [-0.2, -0.15) is 0 Å². The summed E-state index contributed by atoms with van der Waals surface area (Å²) in [4.78, 5) is 12.8. The van der Waals surface area contributed by atoms with Gasteiger partial charge in [-0.3, -0.25) is 0 Å². The Kier molecular flexibility index (Phi) is 8.74. The smallest absolute Gasteiger partial charge is 0.341 e. The molecule has 0 aliphatic carbocycles. The molecule has 0 saturated heterocycles. The average Bonchev–Trinajstić information content (AvgIpc) is 2.92. The van der Waals surface area contributed by atoms with Crippen molar-refractivity contribution in [2.24, 2.45) is 0 Å². The van der Waals surface area contributed by atoms with Crippen LogP contribution in [0, 0.1) is 5.82 Å². The van der Waals surface area contributed by atoms with Crippen molar-refractivity contribution in [2.45, 2.75) is 38.2 Å². The van der Waals surface area contributed by atoms with E-state index >= 15 is 0 Å². The third kappa shape index (κ3) is 6.03. The number of halogens is 2. The van der Waals surface area contributed by atoms with Crippen LogP contribution in [0.25, 0.3) is 10.8 Å². The summed E-state index contributed by atoms with van der Waals surface area (Å²) >= 11 is 0. The molecule has 0 aromatic heterocycles. The Hall–Kier alpha value is -3.77. The fraction of sp³-hybridized carbons (Fsp3) is 0.258. The number of carbonyl (C=O) groups is 1. The molecule has 198 valence electrons. The van der Waals surface area contributed by atoms with Gasteiger partial charge >= 0.3 is 5.97 Å². The largest absolute Gasteiger partial charge is 0.483 e. The van der Waals surface area contributed by atoms with Crippen molar-refractivity contribution in [3.8, 4) is 11.5 Å². The van der Waals surface area contributed by atoms with Gasteiger partial charge in [0.15, 0.2) is 18.2 Å². The van der Waals surface area contributed by atoms with Crippen molar-refractivity contribution >= 4 is 40.5 Å². The van der Waals surface area contributed by atoms with Crippen LogP contribution < -0.4 is 14.4 Å². The van der Waals surface area contributed by atoms with Crippen molar-refractivity contribution in [3.63, 3.8) is 0 Å². The Morgan fingerprint density at radius 2 is 1.79 bits per heavy atom. The summed E-state index contributed by atoms with van der Waals surface area (Å²) in [6.45, 7) is 2.46. The van der Waals surface area contributed by atoms with Crippen LogP contribution in [0.5, 0.6) is 11.5 Å². The number of benzene rings is 4. The van der Waals surface area contributed by atoms with Crippen LogP contribution in [0.4, 0.5) is 15.8 Å². The molecule has 0 amide bonds. The van der Waals surface area contributed by atoms with Crippen LogP contribution in [0.15, 0.2) is 84.9 Å². The first-order valence-electron chi connectivity index (χ1n) is 12.6. The Bertz CT molecular complexity index is 1390. The maximum absolute atomic E-state index is 14.8. The normalized spacial score (nSPS) is 15.2. The molecule has 4 aromatic rings. The molecule has 0 fully saturated rings. The van der Waals surface area contributed by atoms with Crippen LogP contribution in [-0.4, -0.2) is 30.3 Å². The Morgan fingerprint density at radius 3 is 2.58 bits per heavy atom. The van der Waals surface area contributed by atoms with Crippen LogP contribution >= 0.6 is 12.4 Å². The minimum Gasteiger partial charge on any atom is -0.483 e. The highest BCUT2D eigenvalue weighted by molar-refractivity contribution is 5.86. The molecule has 1 N–H and O–H groups in total. The summed E-state index contributed by atoms with van der Waals surface area (Å²) < 4.78 is 26.2. The standard InChI is InChI=1S/C31H30FNO4.ClH/c1-21(26-12-5-9-22-8-2-3-11-27(22)26)7-4-10-25-19-33(29-14-6-13-28(32)31(29)37-25)23-15-17-24(18-16-23)36-20-30(34)35;/h2-3,5-6,8-9,11-18,21,25H,4,7,10,19-20H2,1H3,(H,34,35);1H/t21-,25?;/m0./s1. The van der Waals surface area contributed by atoms with Gasteiger partial charge in [-0.05, 0) is 77.9 Å². The molecule has 38 heavy (non-hydrogen) atoms. The number of para-hydroxylation sites is 1. The second-order valence-electron chi connectivity index (χ2n) is 9.52. The summed E-state index contributed by atoms with van der Waals surface area (Å²) in [6.07, 6.45) is 2.61. The maximum atomic E-state index is 14.8. The fourth-order valence-corrected chi connectivity index (χ4v) is 5.08. The van der Waals surface area contributed by atoms with E-state index in [-0.39, 0.29) is 30.1 Å². The molecular weight excluding hydrogens is 505 g/mol. The van der Waals surface area contributed by atoms with Gasteiger partial charge in [0.1, 0.15) is 11.9 Å². The zero-order chi connectivity index (χ0) is 25.8. The molecule has 5 nitrogen and oxygen atoms in total. The highest BCUT2D eigenvalue weighted by atomic mass is 35.5. The first-order chi connectivity index (χ1) is 18.0. The van der Waals surface area contributed by atoms with E-state index in [1.54, 1.807) is 18.2 Å². The van der Waals surface area contributed by atoms with Crippen molar-refractivity contribution in [3.05, 3.63) is 96.3 Å². The van der Waals surface area contributed by atoms with Crippen LogP contribution in [0.3, 0.4) is 0 Å². The lowest BCUT2D eigenvalue weighted by Crippen LogP contribution is -2.37. The zero-order valence-corrected chi connectivity index (χ0v) is 22.0. The van der Waals surface area contributed by atoms with Crippen molar-refractivity contribution in [1.29, 1.82) is 0 Å².